The van der Waals surface area contributed by atoms with Crippen molar-refractivity contribution in [3.63, 3.8) is 0 Å². The molecule has 0 unspecified atom stereocenters. The van der Waals surface area contributed by atoms with Crippen LogP contribution in [0.1, 0.15) is 19.2 Å². The summed E-state index contributed by atoms with van der Waals surface area (Å²) in [5, 5.41) is 6.36. The number of hydrogen-bond acceptors (Lipinski definition) is 5. The molecule has 1 amide bonds. The van der Waals surface area contributed by atoms with Crippen molar-refractivity contribution in [1.82, 2.24) is 15.5 Å². The molecule has 0 radical (unpaired) electrons. The molecule has 0 aliphatic heterocycles. The molecule has 0 atom stereocenters. The summed E-state index contributed by atoms with van der Waals surface area (Å²) >= 11 is 0. The predicted molar refractivity (Wildman–Crippen MR) is 66.9 cm³/mol. The van der Waals surface area contributed by atoms with Gasteiger partial charge in [0.2, 0.25) is 17.6 Å². The first-order valence-corrected chi connectivity index (χ1v) is 5.79. The van der Waals surface area contributed by atoms with Crippen molar-refractivity contribution in [1.29, 1.82) is 0 Å². The van der Waals surface area contributed by atoms with Crippen molar-refractivity contribution in [3.05, 3.63) is 36.2 Å². The van der Waals surface area contributed by atoms with E-state index in [1.807, 2.05) is 30.3 Å². The fourth-order valence-corrected chi connectivity index (χ4v) is 1.49. The number of nitrogens with zero attached hydrogens (tertiary/aromatic N) is 2. The third-order valence-electron chi connectivity index (χ3n) is 2.35. The first kappa shape index (κ1) is 12.9. The molecule has 1 aromatic heterocycles. The second-order valence-electron chi connectivity index (χ2n) is 4.03. The highest BCUT2D eigenvalue weighted by molar-refractivity contribution is 5.96. The summed E-state index contributed by atoms with van der Waals surface area (Å²) in [6.07, 6.45) is -0.139. The van der Waals surface area contributed by atoms with E-state index >= 15 is 0 Å². The summed E-state index contributed by atoms with van der Waals surface area (Å²) < 4.78 is 5.01. The van der Waals surface area contributed by atoms with E-state index in [1.165, 1.54) is 6.92 Å². The quantitative estimate of drug-likeness (QED) is 0.819. The molecule has 1 heterocycles. The van der Waals surface area contributed by atoms with E-state index in [4.69, 9.17) is 4.52 Å². The van der Waals surface area contributed by atoms with Crippen LogP contribution in [0.2, 0.25) is 0 Å². The van der Waals surface area contributed by atoms with E-state index in [1.54, 1.807) is 0 Å². The molecular formula is C13H13N3O3. The van der Waals surface area contributed by atoms with Crippen molar-refractivity contribution >= 4 is 11.7 Å². The average Bonchev–Trinajstić information content (AvgIpc) is 2.85. The van der Waals surface area contributed by atoms with Gasteiger partial charge in [-0.15, -0.1) is 0 Å². The lowest BCUT2D eigenvalue weighted by molar-refractivity contribution is -0.127. The molecule has 6 nitrogen and oxygen atoms in total. The molecule has 98 valence electrons. The normalized spacial score (nSPS) is 10.2. The van der Waals surface area contributed by atoms with E-state index in [9.17, 15) is 9.59 Å². The van der Waals surface area contributed by atoms with Crippen molar-refractivity contribution in [2.75, 3.05) is 0 Å². The molecule has 6 heteroatoms. The van der Waals surface area contributed by atoms with Crippen LogP contribution in [0.3, 0.4) is 0 Å². The molecule has 0 aliphatic rings. The molecule has 2 rings (SSSR count). The zero-order valence-electron chi connectivity index (χ0n) is 10.4. The van der Waals surface area contributed by atoms with Crippen molar-refractivity contribution in [2.45, 2.75) is 19.9 Å². The zero-order valence-corrected chi connectivity index (χ0v) is 10.4. The van der Waals surface area contributed by atoms with Crippen LogP contribution >= 0.6 is 0 Å². The number of rotatable bonds is 5. The van der Waals surface area contributed by atoms with Crippen LogP contribution < -0.4 is 5.32 Å². The van der Waals surface area contributed by atoms with Gasteiger partial charge >= 0.3 is 0 Å². The molecule has 0 saturated heterocycles. The van der Waals surface area contributed by atoms with Gasteiger partial charge in [0.15, 0.2) is 0 Å². The van der Waals surface area contributed by atoms with Crippen LogP contribution in [0.15, 0.2) is 34.9 Å². The van der Waals surface area contributed by atoms with Crippen LogP contribution in [0, 0.1) is 0 Å². The highest BCUT2D eigenvalue weighted by Crippen LogP contribution is 2.14. The number of ketones is 1. The standard InChI is InChI=1S/C13H13N3O3/c1-9(17)7-11(18)14-8-12-15-13(16-19-12)10-5-3-2-4-6-10/h2-6H,7-8H2,1H3,(H,14,18). The van der Waals surface area contributed by atoms with Crippen molar-refractivity contribution in [2.24, 2.45) is 0 Å². The molecule has 1 N–H and O–H groups in total. The minimum absolute atomic E-state index is 0.117. The number of carbonyl (C=O) groups is 2. The number of amides is 1. The first-order valence-electron chi connectivity index (χ1n) is 5.79. The Morgan fingerprint density at radius 2 is 2.00 bits per heavy atom. The summed E-state index contributed by atoms with van der Waals surface area (Å²) in [7, 11) is 0. The average molecular weight is 259 g/mol. The number of nitrogens with one attached hydrogen (secondary N) is 1. The highest BCUT2D eigenvalue weighted by atomic mass is 16.5. The maximum absolute atomic E-state index is 11.3. The highest BCUT2D eigenvalue weighted by Gasteiger charge is 2.10. The van der Waals surface area contributed by atoms with E-state index in [2.05, 4.69) is 15.5 Å². The molecule has 0 spiro atoms. The Hall–Kier alpha value is -2.50. The monoisotopic (exact) mass is 259 g/mol. The fraction of sp³-hybridized carbons (Fsp3) is 0.231. The fourth-order valence-electron chi connectivity index (χ4n) is 1.49. The number of Topliss-reactive ketones (excluding diaryl/α,β-unsaturated/α-hetero) is 1. The molecular weight excluding hydrogens is 246 g/mol. The van der Waals surface area contributed by atoms with Gasteiger partial charge in [-0.2, -0.15) is 4.98 Å². The molecule has 0 saturated carbocycles. The van der Waals surface area contributed by atoms with Gasteiger partial charge in [0, 0.05) is 5.56 Å². The topological polar surface area (TPSA) is 85.1 Å². The lowest BCUT2D eigenvalue weighted by Gasteiger charge is -1.98. The second kappa shape index (κ2) is 5.90. The lowest BCUT2D eigenvalue weighted by Crippen LogP contribution is -2.24. The Bertz CT molecular complexity index is 578. The predicted octanol–water partition coefficient (Wildman–Crippen LogP) is 1.33. The Labute approximate surface area is 109 Å². The zero-order chi connectivity index (χ0) is 13.7. The number of hydrogen-bond donors (Lipinski definition) is 1. The number of carbonyl (C=O) groups excluding carboxylic acids is 2. The summed E-state index contributed by atoms with van der Waals surface area (Å²) in [6, 6.07) is 9.37. The van der Waals surface area contributed by atoms with E-state index in [-0.39, 0.29) is 24.7 Å². The van der Waals surface area contributed by atoms with Gasteiger partial charge in [-0.05, 0) is 6.92 Å². The smallest absolute Gasteiger partial charge is 0.246 e. The Kier molecular flexibility index (Phi) is 4.02. The maximum Gasteiger partial charge on any atom is 0.246 e. The largest absolute Gasteiger partial charge is 0.347 e. The van der Waals surface area contributed by atoms with Gasteiger partial charge in [-0.25, -0.2) is 0 Å². The second-order valence-corrected chi connectivity index (χ2v) is 4.03. The molecule has 0 bridgehead atoms. The van der Waals surface area contributed by atoms with Crippen LogP contribution in [0.4, 0.5) is 0 Å². The lowest BCUT2D eigenvalue weighted by atomic mass is 10.2. The third-order valence-corrected chi connectivity index (χ3v) is 2.35. The van der Waals surface area contributed by atoms with Crippen LogP contribution in [0.5, 0.6) is 0 Å². The van der Waals surface area contributed by atoms with Gasteiger partial charge in [-0.3, -0.25) is 9.59 Å². The Morgan fingerprint density at radius 3 is 2.68 bits per heavy atom. The first-order chi connectivity index (χ1) is 9.15. The van der Waals surface area contributed by atoms with Gasteiger partial charge in [0.05, 0.1) is 13.0 Å². The van der Waals surface area contributed by atoms with Gasteiger partial charge in [0.25, 0.3) is 0 Å². The van der Waals surface area contributed by atoms with Gasteiger partial charge < -0.3 is 9.84 Å². The maximum atomic E-state index is 11.3. The van der Waals surface area contributed by atoms with Crippen LogP contribution in [-0.4, -0.2) is 21.8 Å². The van der Waals surface area contributed by atoms with Crippen molar-refractivity contribution < 1.29 is 14.1 Å². The van der Waals surface area contributed by atoms with Crippen LogP contribution in [0.25, 0.3) is 11.4 Å². The number of aromatic nitrogens is 2. The molecule has 1 aromatic carbocycles. The molecule has 0 fully saturated rings. The summed E-state index contributed by atoms with van der Waals surface area (Å²) in [6.45, 7) is 1.48. The SMILES string of the molecule is CC(=O)CC(=O)NCc1nc(-c2ccccc2)no1. The van der Waals surface area contributed by atoms with E-state index < -0.39 is 0 Å². The number of benzene rings is 1. The Balaban J connectivity index is 1.95. The van der Waals surface area contributed by atoms with E-state index in [0.717, 1.165) is 5.56 Å². The Morgan fingerprint density at radius 1 is 1.26 bits per heavy atom. The minimum atomic E-state index is -0.355. The molecule has 19 heavy (non-hydrogen) atoms. The van der Waals surface area contributed by atoms with Gasteiger partial charge in [0.1, 0.15) is 5.78 Å². The third kappa shape index (κ3) is 3.74. The minimum Gasteiger partial charge on any atom is -0.347 e. The van der Waals surface area contributed by atoms with E-state index in [0.29, 0.717) is 11.7 Å². The van der Waals surface area contributed by atoms with Gasteiger partial charge in [-0.1, -0.05) is 35.5 Å². The van der Waals surface area contributed by atoms with Crippen LogP contribution in [-0.2, 0) is 16.1 Å². The molecule has 0 aliphatic carbocycles. The summed E-state index contributed by atoms with van der Waals surface area (Å²) in [5.41, 5.74) is 0.840. The summed E-state index contributed by atoms with van der Waals surface area (Å²) in [4.78, 5) is 26.2. The van der Waals surface area contributed by atoms with Crippen molar-refractivity contribution in [3.8, 4) is 11.4 Å². The summed E-state index contributed by atoms with van der Waals surface area (Å²) in [5.74, 6) is 0.229. The molecule has 2 aromatic rings.